The lowest BCUT2D eigenvalue weighted by Crippen LogP contribution is -2.16. The van der Waals surface area contributed by atoms with E-state index in [2.05, 4.69) is 207 Å². The summed E-state index contributed by atoms with van der Waals surface area (Å²) in [6.07, 6.45) is 0. The van der Waals surface area contributed by atoms with Crippen molar-refractivity contribution in [2.24, 2.45) is 0 Å². The molecule has 0 N–H and O–H groups in total. The molecule has 0 saturated carbocycles. The second-order valence-electron chi connectivity index (χ2n) is 15.4. The third kappa shape index (κ3) is 5.13. The lowest BCUT2D eigenvalue weighted by molar-refractivity contribution is 0.660. The minimum absolute atomic E-state index is 0.0924. The van der Waals surface area contributed by atoms with E-state index in [1.807, 2.05) is 11.3 Å². The topological polar surface area (TPSA) is 3.24 Å². The van der Waals surface area contributed by atoms with E-state index in [9.17, 15) is 0 Å². The Balaban J connectivity index is 1.00. The summed E-state index contributed by atoms with van der Waals surface area (Å²) in [4.78, 5) is 2.47. The Morgan fingerprint density at radius 2 is 0.964 bits per heavy atom. The van der Waals surface area contributed by atoms with Gasteiger partial charge in [-0.05, 0) is 127 Å². The van der Waals surface area contributed by atoms with E-state index >= 15 is 0 Å². The molecule has 1 aromatic heterocycles. The van der Waals surface area contributed by atoms with Crippen molar-refractivity contribution in [1.82, 2.24) is 0 Å². The second-order valence-corrected chi connectivity index (χ2v) is 16.5. The third-order valence-corrected chi connectivity index (χ3v) is 13.0. The summed E-state index contributed by atoms with van der Waals surface area (Å²) in [7, 11) is 0. The molecular formula is C53H37NS. The van der Waals surface area contributed by atoms with Crippen LogP contribution in [0.4, 0.5) is 17.1 Å². The summed E-state index contributed by atoms with van der Waals surface area (Å²) < 4.78 is 2.61. The van der Waals surface area contributed by atoms with Crippen molar-refractivity contribution in [2.75, 3.05) is 4.90 Å². The third-order valence-electron chi connectivity index (χ3n) is 11.8. The summed E-state index contributed by atoms with van der Waals surface area (Å²) in [5.74, 6) is 0. The van der Waals surface area contributed by atoms with Crippen molar-refractivity contribution in [3.8, 4) is 33.4 Å². The zero-order chi connectivity index (χ0) is 36.7. The molecule has 1 aliphatic carbocycles. The first-order valence-corrected chi connectivity index (χ1v) is 19.9. The maximum atomic E-state index is 2.47. The van der Waals surface area contributed by atoms with Crippen molar-refractivity contribution < 1.29 is 0 Å². The maximum absolute atomic E-state index is 2.47. The normalized spacial score (nSPS) is 13.1. The fraction of sp³-hybridized carbons (Fsp3) is 0.0566. The Kier molecular flexibility index (Phi) is 7.14. The molecule has 2 heteroatoms. The molecule has 1 heterocycles. The number of rotatable bonds is 5. The Hall–Kier alpha value is -6.48. The van der Waals surface area contributed by atoms with Gasteiger partial charge in [-0.2, -0.15) is 0 Å². The lowest BCUT2D eigenvalue weighted by Gasteiger charge is -2.29. The number of nitrogens with zero attached hydrogens (tertiary/aromatic N) is 1. The lowest BCUT2D eigenvalue weighted by atomic mass is 9.82. The summed E-state index contributed by atoms with van der Waals surface area (Å²) in [5.41, 5.74) is 13.8. The Labute approximate surface area is 325 Å². The van der Waals surface area contributed by atoms with Gasteiger partial charge in [-0.25, -0.2) is 0 Å². The molecule has 0 aliphatic heterocycles. The molecule has 1 nitrogen and oxygen atoms in total. The second kappa shape index (κ2) is 12.3. The summed E-state index contributed by atoms with van der Waals surface area (Å²) in [6, 6.07) is 69.7. The van der Waals surface area contributed by atoms with Gasteiger partial charge < -0.3 is 4.90 Å². The average Bonchev–Trinajstić information content (AvgIpc) is 3.73. The first kappa shape index (κ1) is 32.0. The van der Waals surface area contributed by atoms with E-state index in [1.54, 1.807) is 0 Å². The van der Waals surface area contributed by atoms with Crippen molar-refractivity contribution in [3.05, 3.63) is 199 Å². The number of hydrogen-bond acceptors (Lipinski definition) is 2. The van der Waals surface area contributed by atoms with Crippen molar-refractivity contribution in [2.45, 2.75) is 19.3 Å². The van der Waals surface area contributed by atoms with Crippen LogP contribution in [-0.4, -0.2) is 0 Å². The molecule has 0 spiro atoms. The Morgan fingerprint density at radius 1 is 0.400 bits per heavy atom. The molecule has 0 unspecified atom stereocenters. The molecule has 0 atom stereocenters. The van der Waals surface area contributed by atoms with Crippen LogP contribution in [0.3, 0.4) is 0 Å². The molecule has 0 bridgehead atoms. The molecule has 10 aromatic rings. The first-order valence-electron chi connectivity index (χ1n) is 19.1. The highest BCUT2D eigenvalue weighted by molar-refractivity contribution is 7.26. The minimum atomic E-state index is -0.0924. The molecule has 9 aromatic carbocycles. The van der Waals surface area contributed by atoms with E-state index < -0.39 is 0 Å². The Morgan fingerprint density at radius 3 is 1.75 bits per heavy atom. The highest BCUT2D eigenvalue weighted by atomic mass is 32.1. The van der Waals surface area contributed by atoms with E-state index in [0.717, 1.165) is 5.69 Å². The van der Waals surface area contributed by atoms with E-state index in [-0.39, 0.29) is 5.41 Å². The van der Waals surface area contributed by atoms with Crippen molar-refractivity contribution >= 4 is 70.1 Å². The molecule has 0 saturated heterocycles. The van der Waals surface area contributed by atoms with Gasteiger partial charge in [0.1, 0.15) is 0 Å². The quantitative estimate of drug-likeness (QED) is 0.171. The molecule has 0 amide bonds. The van der Waals surface area contributed by atoms with Crippen molar-refractivity contribution in [1.29, 1.82) is 0 Å². The highest BCUT2D eigenvalue weighted by Crippen LogP contribution is 2.52. The van der Waals surface area contributed by atoms with Crippen LogP contribution in [0.2, 0.25) is 0 Å². The van der Waals surface area contributed by atoms with Crippen LogP contribution >= 0.6 is 11.3 Å². The van der Waals surface area contributed by atoms with Crippen LogP contribution in [0.15, 0.2) is 188 Å². The van der Waals surface area contributed by atoms with Gasteiger partial charge in [0.15, 0.2) is 0 Å². The van der Waals surface area contributed by atoms with Crippen LogP contribution in [0, 0.1) is 0 Å². The molecule has 55 heavy (non-hydrogen) atoms. The SMILES string of the molecule is CC1(C)c2ccccc2-c2ccc(N(c3ccc(-c4ccc5cc(-c6ccc7ccccc7c6)ccc5c4)cc3)c3cccc4sc5ccccc5c34)cc21. The molecular weight excluding hydrogens is 683 g/mol. The van der Waals surface area contributed by atoms with Crippen molar-refractivity contribution in [3.63, 3.8) is 0 Å². The smallest absolute Gasteiger partial charge is 0.0554 e. The predicted molar refractivity (Wildman–Crippen MR) is 237 cm³/mol. The number of thiophene rings is 1. The largest absolute Gasteiger partial charge is 0.310 e. The van der Waals surface area contributed by atoms with Gasteiger partial charge in [-0.15, -0.1) is 11.3 Å². The van der Waals surface area contributed by atoms with Gasteiger partial charge in [0.2, 0.25) is 0 Å². The van der Waals surface area contributed by atoms with Gasteiger partial charge in [-0.1, -0.05) is 141 Å². The fourth-order valence-electron chi connectivity index (χ4n) is 8.98. The van der Waals surface area contributed by atoms with Gasteiger partial charge in [-0.3, -0.25) is 0 Å². The van der Waals surface area contributed by atoms with Gasteiger partial charge in [0.05, 0.1) is 5.69 Å². The van der Waals surface area contributed by atoms with Crippen LogP contribution in [0.5, 0.6) is 0 Å². The summed E-state index contributed by atoms with van der Waals surface area (Å²) in [6.45, 7) is 4.73. The van der Waals surface area contributed by atoms with Crippen LogP contribution in [0.25, 0.3) is 75.1 Å². The Bertz CT molecular complexity index is 3130. The zero-order valence-electron chi connectivity index (χ0n) is 30.8. The van der Waals surface area contributed by atoms with Gasteiger partial charge in [0, 0.05) is 37.0 Å². The zero-order valence-corrected chi connectivity index (χ0v) is 31.6. The molecule has 0 radical (unpaired) electrons. The van der Waals surface area contributed by atoms with E-state index in [4.69, 9.17) is 0 Å². The number of hydrogen-bond donors (Lipinski definition) is 0. The predicted octanol–water partition coefficient (Wildman–Crippen LogP) is 15.5. The monoisotopic (exact) mass is 719 g/mol. The minimum Gasteiger partial charge on any atom is -0.310 e. The average molecular weight is 720 g/mol. The highest BCUT2D eigenvalue weighted by Gasteiger charge is 2.36. The number of benzene rings is 9. The van der Waals surface area contributed by atoms with Crippen LogP contribution in [0.1, 0.15) is 25.0 Å². The summed E-state index contributed by atoms with van der Waals surface area (Å²) in [5, 5.41) is 7.62. The molecule has 0 fully saturated rings. The maximum Gasteiger partial charge on any atom is 0.0554 e. The number of fused-ring (bicyclic) bond motifs is 8. The fourth-order valence-corrected chi connectivity index (χ4v) is 10.1. The molecule has 1 aliphatic rings. The van der Waals surface area contributed by atoms with E-state index in [0.29, 0.717) is 0 Å². The number of anilines is 3. The first-order chi connectivity index (χ1) is 27.0. The van der Waals surface area contributed by atoms with Crippen LogP contribution < -0.4 is 4.90 Å². The molecule has 11 rings (SSSR count). The summed E-state index contributed by atoms with van der Waals surface area (Å²) >= 11 is 1.87. The molecule has 260 valence electrons. The van der Waals surface area contributed by atoms with E-state index in [1.165, 1.54) is 97.6 Å². The van der Waals surface area contributed by atoms with Gasteiger partial charge >= 0.3 is 0 Å². The standard InChI is InChI=1S/C53H37NS/c1-53(2)47-14-7-5-12-44(47)45-29-28-43(33-48(45)53)54(49-15-9-17-51-52(49)46-13-6-8-16-50(46)55-51)42-26-24-35(25-27-42)37-20-21-40-32-41(23-22-39(40)31-37)38-19-18-34-10-3-4-11-36(34)30-38/h3-33H,1-2H3. The van der Waals surface area contributed by atoms with Gasteiger partial charge in [0.25, 0.3) is 0 Å². The van der Waals surface area contributed by atoms with Crippen LogP contribution in [-0.2, 0) is 5.41 Å².